The van der Waals surface area contributed by atoms with Crippen LogP contribution in [0, 0.1) is 0 Å². The van der Waals surface area contributed by atoms with Crippen molar-refractivity contribution in [3.8, 4) is 0 Å². The Morgan fingerprint density at radius 2 is 2.06 bits per heavy atom. The second kappa shape index (κ2) is 5.24. The van der Waals surface area contributed by atoms with Crippen LogP contribution in [0.4, 0.5) is 0 Å². The summed E-state index contributed by atoms with van der Waals surface area (Å²) in [5, 5.41) is 9.85. The molecule has 0 fully saturated rings. The number of hydrogen-bond acceptors (Lipinski definition) is 4. The Morgan fingerprint density at radius 3 is 2.62 bits per heavy atom. The van der Waals surface area contributed by atoms with E-state index in [1.165, 1.54) is 14.1 Å². The van der Waals surface area contributed by atoms with E-state index in [9.17, 15) is 14.4 Å². The molecule has 0 saturated heterocycles. The summed E-state index contributed by atoms with van der Waals surface area (Å²) >= 11 is 0. The van der Waals surface area contributed by atoms with Crippen molar-refractivity contribution in [1.29, 1.82) is 0 Å². The fourth-order valence-electron chi connectivity index (χ4n) is 1.25. The van der Waals surface area contributed by atoms with Crippen LogP contribution in [0.3, 0.4) is 0 Å². The lowest BCUT2D eigenvalue weighted by atomic mass is 10.2. The Bertz CT molecular complexity index is 351. The van der Waals surface area contributed by atoms with Gasteiger partial charge in [0.1, 0.15) is 5.71 Å². The number of hydrogen-bond donors (Lipinski definition) is 2. The smallest absolute Gasteiger partial charge is 0.267 e. The van der Waals surface area contributed by atoms with Gasteiger partial charge in [0.2, 0.25) is 11.8 Å². The summed E-state index contributed by atoms with van der Waals surface area (Å²) in [5.74, 6) is -0.797. The van der Waals surface area contributed by atoms with E-state index in [1.807, 2.05) is 0 Å². The number of hydrazone groups is 1. The molecule has 0 aromatic heterocycles. The van der Waals surface area contributed by atoms with E-state index < -0.39 is 0 Å². The number of carbonyl (C=O) groups excluding carboxylic acids is 3. The lowest BCUT2D eigenvalue weighted by Crippen LogP contribution is -2.27. The molecule has 1 aliphatic rings. The van der Waals surface area contributed by atoms with E-state index in [-0.39, 0.29) is 42.8 Å². The highest BCUT2D eigenvalue weighted by atomic mass is 16.2. The summed E-state index contributed by atoms with van der Waals surface area (Å²) in [6.07, 6.45) is 0.167. The van der Waals surface area contributed by atoms with Crippen LogP contribution >= 0.6 is 0 Å². The minimum atomic E-state index is -0.365. The summed E-state index contributed by atoms with van der Waals surface area (Å²) in [7, 11) is 3.00. The van der Waals surface area contributed by atoms with Gasteiger partial charge in [-0.2, -0.15) is 5.10 Å². The molecule has 1 rings (SSSR count). The second-order valence-corrected chi connectivity index (χ2v) is 3.24. The average Bonchev–Trinajstić information content (AvgIpc) is 2.66. The van der Waals surface area contributed by atoms with Crippen LogP contribution in [0.1, 0.15) is 12.8 Å². The summed E-state index contributed by atoms with van der Waals surface area (Å²) in [6.45, 7) is 0.193. The molecule has 7 heteroatoms. The number of rotatable bonds is 4. The maximum absolute atomic E-state index is 11.4. The van der Waals surface area contributed by atoms with E-state index in [1.54, 1.807) is 0 Å². The van der Waals surface area contributed by atoms with Crippen LogP contribution in [0.2, 0.25) is 0 Å². The van der Waals surface area contributed by atoms with E-state index in [4.69, 9.17) is 0 Å². The largest absolute Gasteiger partial charge is 0.359 e. The lowest BCUT2D eigenvalue weighted by Gasteiger charge is -2.09. The maximum atomic E-state index is 11.4. The fourth-order valence-corrected chi connectivity index (χ4v) is 1.25. The van der Waals surface area contributed by atoms with Gasteiger partial charge in [0.05, 0.1) is 13.0 Å². The molecule has 0 spiro atoms. The molecule has 0 aromatic rings. The standard InChI is InChI=1S/C9H14N4O3/c1-10-7(14)3-4-13-8(15)5-6(12-13)9(16)11-2/h3-5H2,1-2H3,(H,10,14)(H,11,16). The van der Waals surface area contributed by atoms with Crippen LogP contribution in [0.5, 0.6) is 0 Å². The molecule has 0 aromatic carbocycles. The molecule has 1 aliphatic heterocycles. The molecule has 3 amide bonds. The predicted molar refractivity (Wildman–Crippen MR) is 56.5 cm³/mol. The Labute approximate surface area is 92.9 Å². The first-order chi connectivity index (χ1) is 7.58. The van der Waals surface area contributed by atoms with Gasteiger partial charge in [0.25, 0.3) is 5.91 Å². The van der Waals surface area contributed by atoms with Gasteiger partial charge in [0.15, 0.2) is 0 Å². The third kappa shape index (κ3) is 2.78. The van der Waals surface area contributed by atoms with Crippen molar-refractivity contribution in [2.45, 2.75) is 12.8 Å². The van der Waals surface area contributed by atoms with Gasteiger partial charge in [-0.25, -0.2) is 5.01 Å². The van der Waals surface area contributed by atoms with Gasteiger partial charge in [-0.05, 0) is 0 Å². The van der Waals surface area contributed by atoms with Gasteiger partial charge in [-0.15, -0.1) is 0 Å². The van der Waals surface area contributed by atoms with E-state index in [0.717, 1.165) is 5.01 Å². The monoisotopic (exact) mass is 226 g/mol. The SMILES string of the molecule is CNC(=O)CCN1N=C(C(=O)NC)CC1=O. The summed E-state index contributed by atoms with van der Waals surface area (Å²) in [5.41, 5.74) is 0.185. The van der Waals surface area contributed by atoms with Gasteiger partial charge >= 0.3 is 0 Å². The fraction of sp³-hybridized carbons (Fsp3) is 0.556. The third-order valence-corrected chi connectivity index (χ3v) is 2.17. The number of nitrogens with zero attached hydrogens (tertiary/aromatic N) is 2. The van der Waals surface area contributed by atoms with Crippen LogP contribution < -0.4 is 10.6 Å². The molecular weight excluding hydrogens is 212 g/mol. The van der Waals surface area contributed by atoms with Crippen molar-refractivity contribution in [1.82, 2.24) is 15.6 Å². The lowest BCUT2D eigenvalue weighted by molar-refractivity contribution is -0.129. The number of carbonyl (C=O) groups is 3. The zero-order valence-electron chi connectivity index (χ0n) is 9.24. The van der Waals surface area contributed by atoms with Gasteiger partial charge in [-0.3, -0.25) is 14.4 Å². The highest BCUT2D eigenvalue weighted by molar-refractivity contribution is 6.43. The van der Waals surface area contributed by atoms with Gasteiger partial charge in [0, 0.05) is 20.5 Å². The molecule has 16 heavy (non-hydrogen) atoms. The molecule has 0 atom stereocenters. The minimum Gasteiger partial charge on any atom is -0.359 e. The van der Waals surface area contributed by atoms with Crippen molar-refractivity contribution in [3.63, 3.8) is 0 Å². The highest BCUT2D eigenvalue weighted by Gasteiger charge is 2.27. The zero-order chi connectivity index (χ0) is 12.1. The van der Waals surface area contributed by atoms with Crippen molar-refractivity contribution in [2.75, 3.05) is 20.6 Å². The van der Waals surface area contributed by atoms with Crippen LogP contribution in [0.25, 0.3) is 0 Å². The van der Waals surface area contributed by atoms with E-state index >= 15 is 0 Å². The minimum absolute atomic E-state index is 0.00653. The van der Waals surface area contributed by atoms with Crippen LogP contribution in [0.15, 0.2) is 5.10 Å². The Balaban J connectivity index is 2.55. The van der Waals surface area contributed by atoms with Gasteiger partial charge < -0.3 is 10.6 Å². The molecule has 0 unspecified atom stereocenters. The van der Waals surface area contributed by atoms with Gasteiger partial charge in [-0.1, -0.05) is 0 Å². The quantitative estimate of drug-likeness (QED) is 0.608. The number of nitrogens with one attached hydrogen (secondary N) is 2. The van der Waals surface area contributed by atoms with E-state index in [0.29, 0.717) is 0 Å². The van der Waals surface area contributed by atoms with Crippen molar-refractivity contribution < 1.29 is 14.4 Å². The molecule has 0 bridgehead atoms. The average molecular weight is 226 g/mol. The number of amides is 3. The summed E-state index contributed by atoms with van der Waals surface area (Å²) in [4.78, 5) is 33.6. The third-order valence-electron chi connectivity index (χ3n) is 2.17. The van der Waals surface area contributed by atoms with Crippen molar-refractivity contribution in [2.24, 2.45) is 5.10 Å². The van der Waals surface area contributed by atoms with Crippen LogP contribution in [-0.4, -0.2) is 49.1 Å². The molecule has 0 saturated carbocycles. The Kier molecular flexibility index (Phi) is 3.98. The van der Waals surface area contributed by atoms with Crippen molar-refractivity contribution in [3.05, 3.63) is 0 Å². The molecule has 1 heterocycles. The maximum Gasteiger partial charge on any atom is 0.267 e. The Hall–Kier alpha value is -1.92. The summed E-state index contributed by atoms with van der Waals surface area (Å²) in [6, 6.07) is 0. The second-order valence-electron chi connectivity index (χ2n) is 3.24. The normalized spacial score (nSPS) is 14.8. The summed E-state index contributed by atoms with van der Waals surface area (Å²) < 4.78 is 0. The zero-order valence-corrected chi connectivity index (χ0v) is 9.24. The predicted octanol–water partition coefficient (Wildman–Crippen LogP) is -1.54. The Morgan fingerprint density at radius 1 is 1.38 bits per heavy atom. The highest BCUT2D eigenvalue weighted by Crippen LogP contribution is 2.08. The molecule has 2 N–H and O–H groups in total. The first-order valence-electron chi connectivity index (χ1n) is 4.89. The first kappa shape index (κ1) is 12.2. The molecule has 88 valence electrons. The molecule has 7 nitrogen and oxygen atoms in total. The van der Waals surface area contributed by atoms with Crippen molar-refractivity contribution >= 4 is 23.4 Å². The van der Waals surface area contributed by atoms with Crippen LogP contribution in [-0.2, 0) is 14.4 Å². The molecule has 0 aliphatic carbocycles. The molecular formula is C9H14N4O3. The van der Waals surface area contributed by atoms with E-state index in [2.05, 4.69) is 15.7 Å². The first-order valence-corrected chi connectivity index (χ1v) is 4.89. The molecule has 0 radical (unpaired) electrons. The topological polar surface area (TPSA) is 90.9 Å².